The molecule has 0 amide bonds. The van der Waals surface area contributed by atoms with Gasteiger partial charge in [0, 0.05) is 18.7 Å². The molecule has 4 nitrogen and oxygen atoms in total. The molecule has 2 aromatic rings. The van der Waals surface area contributed by atoms with Gasteiger partial charge < -0.3 is 10.5 Å². The van der Waals surface area contributed by atoms with Crippen LogP contribution in [0.15, 0.2) is 18.2 Å². The van der Waals surface area contributed by atoms with Crippen molar-refractivity contribution in [3.05, 3.63) is 51.3 Å². The summed E-state index contributed by atoms with van der Waals surface area (Å²) < 4.78 is 7.12. The van der Waals surface area contributed by atoms with Crippen molar-refractivity contribution in [2.24, 2.45) is 12.8 Å². The molecule has 0 bridgehead atoms. The summed E-state index contributed by atoms with van der Waals surface area (Å²) in [6.07, 6.45) is 0.693. The van der Waals surface area contributed by atoms with Gasteiger partial charge in [0.15, 0.2) is 0 Å². The molecule has 2 heterocycles. The lowest BCUT2D eigenvalue weighted by Crippen LogP contribution is -2.14. The Balaban J connectivity index is 1.84. The number of benzene rings is 1. The zero-order valence-electron chi connectivity index (χ0n) is 11.7. The van der Waals surface area contributed by atoms with Crippen molar-refractivity contribution in [1.82, 2.24) is 9.78 Å². The van der Waals surface area contributed by atoms with E-state index in [9.17, 15) is 0 Å². The van der Waals surface area contributed by atoms with E-state index in [0.717, 1.165) is 16.8 Å². The van der Waals surface area contributed by atoms with Crippen LogP contribution in [-0.2, 0) is 31.4 Å². The van der Waals surface area contributed by atoms with Gasteiger partial charge in [0.1, 0.15) is 5.15 Å². The highest BCUT2D eigenvalue weighted by molar-refractivity contribution is 6.30. The van der Waals surface area contributed by atoms with Crippen LogP contribution >= 0.6 is 11.6 Å². The number of aromatic nitrogens is 2. The molecule has 20 heavy (non-hydrogen) atoms. The average Bonchev–Trinajstić information content (AvgIpc) is 2.98. The third-order valence-electron chi connectivity index (χ3n) is 3.87. The Kier molecular flexibility index (Phi) is 3.54. The normalized spacial score (nSPS) is 15.4. The Morgan fingerprint density at radius 2 is 2.15 bits per heavy atom. The standard InChI is InChI=1S/C15H18ClN3O/c1-9-13(15(16)19(2)18-9)6-14(17)10-3-4-11-7-20-8-12(11)5-10/h3-5,14H,6-8,17H2,1-2H3. The minimum Gasteiger partial charge on any atom is -0.372 e. The zero-order chi connectivity index (χ0) is 14.3. The van der Waals surface area contributed by atoms with E-state index in [4.69, 9.17) is 22.1 Å². The number of nitrogens with zero attached hydrogens (tertiary/aromatic N) is 2. The first-order valence-corrected chi connectivity index (χ1v) is 7.07. The van der Waals surface area contributed by atoms with Crippen molar-refractivity contribution in [3.8, 4) is 0 Å². The number of fused-ring (bicyclic) bond motifs is 1. The van der Waals surface area contributed by atoms with Crippen molar-refractivity contribution in [1.29, 1.82) is 0 Å². The van der Waals surface area contributed by atoms with Crippen LogP contribution in [0.1, 0.15) is 34.0 Å². The number of rotatable bonds is 3. The number of hydrogen-bond acceptors (Lipinski definition) is 3. The molecule has 0 fully saturated rings. The molecular formula is C15H18ClN3O. The van der Waals surface area contributed by atoms with Crippen LogP contribution in [0.2, 0.25) is 5.15 Å². The highest BCUT2D eigenvalue weighted by Crippen LogP contribution is 2.27. The smallest absolute Gasteiger partial charge is 0.130 e. The van der Waals surface area contributed by atoms with Crippen LogP contribution in [-0.4, -0.2) is 9.78 Å². The molecule has 0 saturated carbocycles. The third kappa shape index (κ3) is 2.35. The van der Waals surface area contributed by atoms with E-state index in [1.807, 2.05) is 14.0 Å². The molecule has 1 unspecified atom stereocenters. The summed E-state index contributed by atoms with van der Waals surface area (Å²) >= 11 is 6.26. The fraction of sp³-hybridized carbons (Fsp3) is 0.400. The maximum absolute atomic E-state index is 6.33. The number of nitrogens with two attached hydrogens (primary N) is 1. The number of halogens is 1. The van der Waals surface area contributed by atoms with E-state index < -0.39 is 0 Å². The fourth-order valence-electron chi connectivity index (χ4n) is 2.67. The molecule has 1 atom stereocenters. The van der Waals surface area contributed by atoms with Crippen LogP contribution in [0, 0.1) is 6.92 Å². The van der Waals surface area contributed by atoms with Gasteiger partial charge in [-0.15, -0.1) is 0 Å². The molecule has 5 heteroatoms. The second-order valence-corrected chi connectivity index (χ2v) is 5.67. The Morgan fingerprint density at radius 1 is 1.40 bits per heavy atom. The van der Waals surface area contributed by atoms with Gasteiger partial charge in [0.25, 0.3) is 0 Å². The number of ether oxygens (including phenoxy) is 1. The summed E-state index contributed by atoms with van der Waals surface area (Å²) in [4.78, 5) is 0. The van der Waals surface area contributed by atoms with Gasteiger partial charge in [-0.25, -0.2) is 0 Å². The van der Waals surface area contributed by atoms with Crippen LogP contribution in [0.25, 0.3) is 0 Å². The molecule has 3 rings (SSSR count). The second-order valence-electron chi connectivity index (χ2n) is 5.31. The van der Waals surface area contributed by atoms with Crippen LogP contribution in [0.4, 0.5) is 0 Å². The Morgan fingerprint density at radius 3 is 2.85 bits per heavy atom. The van der Waals surface area contributed by atoms with Gasteiger partial charge in [-0.3, -0.25) is 4.68 Å². The quantitative estimate of drug-likeness (QED) is 0.946. The van der Waals surface area contributed by atoms with Crippen LogP contribution in [0.5, 0.6) is 0 Å². The van der Waals surface area contributed by atoms with Crippen molar-refractivity contribution in [3.63, 3.8) is 0 Å². The summed E-state index contributed by atoms with van der Waals surface area (Å²) in [5, 5.41) is 4.99. The predicted molar refractivity (Wildman–Crippen MR) is 78.5 cm³/mol. The lowest BCUT2D eigenvalue weighted by atomic mass is 9.97. The van der Waals surface area contributed by atoms with Crippen LogP contribution in [0.3, 0.4) is 0 Å². The van der Waals surface area contributed by atoms with E-state index in [-0.39, 0.29) is 6.04 Å². The molecule has 1 aliphatic rings. The van der Waals surface area contributed by atoms with Crippen molar-refractivity contribution >= 4 is 11.6 Å². The molecule has 1 aliphatic heterocycles. The largest absolute Gasteiger partial charge is 0.372 e. The van der Waals surface area contributed by atoms with E-state index in [1.54, 1.807) is 4.68 Å². The van der Waals surface area contributed by atoms with E-state index in [0.29, 0.717) is 24.8 Å². The van der Waals surface area contributed by atoms with E-state index >= 15 is 0 Å². The zero-order valence-corrected chi connectivity index (χ0v) is 12.4. The average molecular weight is 292 g/mol. The lowest BCUT2D eigenvalue weighted by Gasteiger charge is -2.13. The minimum absolute atomic E-state index is 0.0821. The number of hydrogen-bond donors (Lipinski definition) is 1. The SMILES string of the molecule is Cc1nn(C)c(Cl)c1CC(N)c1ccc2c(c1)COC2. The Hall–Kier alpha value is -1.36. The fourth-order valence-corrected chi connectivity index (χ4v) is 2.92. The van der Waals surface area contributed by atoms with Crippen LogP contribution < -0.4 is 5.73 Å². The summed E-state index contributed by atoms with van der Waals surface area (Å²) in [5.41, 5.74) is 11.9. The minimum atomic E-state index is -0.0821. The van der Waals surface area contributed by atoms with Gasteiger partial charge >= 0.3 is 0 Å². The molecular weight excluding hydrogens is 274 g/mol. The molecule has 0 radical (unpaired) electrons. The van der Waals surface area contributed by atoms with Crippen molar-refractivity contribution in [2.75, 3.05) is 0 Å². The van der Waals surface area contributed by atoms with Gasteiger partial charge in [0.2, 0.25) is 0 Å². The Labute approximate surface area is 123 Å². The molecule has 0 aliphatic carbocycles. The Bertz CT molecular complexity index is 651. The van der Waals surface area contributed by atoms with Gasteiger partial charge in [-0.1, -0.05) is 29.8 Å². The first-order valence-electron chi connectivity index (χ1n) is 6.69. The lowest BCUT2D eigenvalue weighted by molar-refractivity contribution is 0.134. The molecule has 2 N–H and O–H groups in total. The van der Waals surface area contributed by atoms with E-state index in [2.05, 4.69) is 23.3 Å². The van der Waals surface area contributed by atoms with E-state index in [1.165, 1.54) is 11.1 Å². The first kappa shape index (κ1) is 13.6. The maximum Gasteiger partial charge on any atom is 0.130 e. The van der Waals surface area contributed by atoms with Gasteiger partial charge in [0.05, 0.1) is 18.9 Å². The first-order chi connectivity index (χ1) is 9.56. The maximum atomic E-state index is 6.33. The van der Waals surface area contributed by atoms with Gasteiger partial charge in [-0.05, 0) is 30.0 Å². The predicted octanol–water partition coefficient (Wildman–Crippen LogP) is 2.65. The van der Waals surface area contributed by atoms with Crippen molar-refractivity contribution < 1.29 is 4.74 Å². The molecule has 0 saturated heterocycles. The summed E-state index contributed by atoms with van der Waals surface area (Å²) in [6, 6.07) is 6.25. The molecule has 0 spiro atoms. The summed E-state index contributed by atoms with van der Waals surface area (Å²) in [5.74, 6) is 0. The summed E-state index contributed by atoms with van der Waals surface area (Å²) in [6.45, 7) is 3.35. The topological polar surface area (TPSA) is 53.1 Å². The molecule has 1 aromatic carbocycles. The van der Waals surface area contributed by atoms with Gasteiger partial charge in [-0.2, -0.15) is 5.10 Å². The number of aryl methyl sites for hydroxylation is 2. The van der Waals surface area contributed by atoms with Crippen molar-refractivity contribution in [2.45, 2.75) is 32.6 Å². The monoisotopic (exact) mass is 291 g/mol. The third-order valence-corrected chi connectivity index (χ3v) is 4.34. The summed E-state index contributed by atoms with van der Waals surface area (Å²) in [7, 11) is 1.84. The highest BCUT2D eigenvalue weighted by atomic mass is 35.5. The molecule has 1 aromatic heterocycles. The highest BCUT2D eigenvalue weighted by Gasteiger charge is 2.18. The molecule has 106 valence electrons. The second kappa shape index (κ2) is 5.20.